The van der Waals surface area contributed by atoms with Crippen molar-refractivity contribution >= 4 is 5.69 Å². The SMILES string of the molecule is COc1ccc(NC2CCCN(Cc3ccc(CO)o3)C2)cc1OC. The van der Waals surface area contributed by atoms with E-state index in [0.717, 1.165) is 55.4 Å². The summed E-state index contributed by atoms with van der Waals surface area (Å²) in [6, 6.07) is 10.0. The highest BCUT2D eigenvalue weighted by atomic mass is 16.5. The molecular formula is C19H26N2O4. The molecule has 0 radical (unpaired) electrons. The molecule has 136 valence electrons. The van der Waals surface area contributed by atoms with Gasteiger partial charge in [0.1, 0.15) is 18.1 Å². The third-order valence-electron chi connectivity index (χ3n) is 4.51. The Kier molecular flexibility index (Phi) is 5.83. The van der Waals surface area contributed by atoms with E-state index in [1.165, 1.54) is 0 Å². The predicted octanol–water partition coefficient (Wildman–Crippen LogP) is 2.87. The van der Waals surface area contributed by atoms with E-state index in [9.17, 15) is 0 Å². The molecule has 0 aliphatic carbocycles. The summed E-state index contributed by atoms with van der Waals surface area (Å²) in [7, 11) is 3.29. The van der Waals surface area contributed by atoms with Crippen LogP contribution in [0.15, 0.2) is 34.7 Å². The molecule has 0 saturated carbocycles. The Morgan fingerprint density at radius 2 is 1.96 bits per heavy atom. The zero-order chi connectivity index (χ0) is 17.6. The summed E-state index contributed by atoms with van der Waals surface area (Å²) in [6.07, 6.45) is 2.27. The molecule has 0 amide bonds. The molecule has 1 aliphatic rings. The van der Waals surface area contributed by atoms with Crippen LogP contribution in [0.1, 0.15) is 24.4 Å². The van der Waals surface area contributed by atoms with Gasteiger partial charge in [0.05, 0.1) is 20.8 Å². The molecule has 0 spiro atoms. The van der Waals surface area contributed by atoms with Crippen molar-refractivity contribution < 1.29 is 19.0 Å². The van der Waals surface area contributed by atoms with Crippen LogP contribution in [0.25, 0.3) is 0 Å². The summed E-state index contributed by atoms with van der Waals surface area (Å²) >= 11 is 0. The van der Waals surface area contributed by atoms with Crippen LogP contribution in [0.2, 0.25) is 0 Å². The van der Waals surface area contributed by atoms with Crippen molar-refractivity contribution in [3.8, 4) is 11.5 Å². The molecule has 2 aromatic rings. The monoisotopic (exact) mass is 346 g/mol. The van der Waals surface area contributed by atoms with Crippen molar-refractivity contribution in [3.63, 3.8) is 0 Å². The number of ether oxygens (including phenoxy) is 2. The molecule has 6 heteroatoms. The number of hydrogen-bond donors (Lipinski definition) is 2. The lowest BCUT2D eigenvalue weighted by Gasteiger charge is -2.33. The standard InChI is InChI=1S/C19H26N2O4/c1-23-18-8-5-14(10-19(18)24-2)20-15-4-3-9-21(11-15)12-16-6-7-17(13-22)25-16/h5-8,10,15,20,22H,3-4,9,11-13H2,1-2H3. The summed E-state index contributed by atoms with van der Waals surface area (Å²) in [5, 5.41) is 12.7. The van der Waals surface area contributed by atoms with Crippen molar-refractivity contribution in [2.24, 2.45) is 0 Å². The largest absolute Gasteiger partial charge is 0.493 e. The average molecular weight is 346 g/mol. The molecule has 1 aromatic carbocycles. The van der Waals surface area contributed by atoms with Gasteiger partial charge in [0.2, 0.25) is 0 Å². The molecule has 1 unspecified atom stereocenters. The second kappa shape index (κ2) is 8.27. The number of likely N-dealkylation sites (tertiary alicyclic amines) is 1. The molecule has 1 aliphatic heterocycles. The van der Waals surface area contributed by atoms with Gasteiger partial charge < -0.3 is 24.3 Å². The number of piperidine rings is 1. The van der Waals surface area contributed by atoms with E-state index < -0.39 is 0 Å². The molecule has 3 rings (SSSR count). The lowest BCUT2D eigenvalue weighted by atomic mass is 10.0. The van der Waals surface area contributed by atoms with E-state index in [4.69, 9.17) is 19.0 Å². The molecule has 6 nitrogen and oxygen atoms in total. The predicted molar refractivity (Wildman–Crippen MR) is 96.1 cm³/mol. The number of aliphatic hydroxyl groups is 1. The molecule has 2 heterocycles. The molecule has 1 saturated heterocycles. The van der Waals surface area contributed by atoms with E-state index in [-0.39, 0.29) is 6.61 Å². The fourth-order valence-electron chi connectivity index (χ4n) is 3.29. The molecule has 25 heavy (non-hydrogen) atoms. The second-order valence-electron chi connectivity index (χ2n) is 6.31. The number of rotatable bonds is 7. The van der Waals surface area contributed by atoms with Gasteiger partial charge in [0, 0.05) is 24.3 Å². The van der Waals surface area contributed by atoms with Crippen LogP contribution in [0.4, 0.5) is 5.69 Å². The first-order chi connectivity index (χ1) is 12.2. The van der Waals surface area contributed by atoms with Crippen molar-refractivity contribution in [2.45, 2.75) is 32.0 Å². The highest BCUT2D eigenvalue weighted by Crippen LogP contribution is 2.30. The van der Waals surface area contributed by atoms with Gasteiger partial charge in [-0.3, -0.25) is 4.90 Å². The first kappa shape index (κ1) is 17.6. The Morgan fingerprint density at radius 3 is 2.68 bits per heavy atom. The van der Waals surface area contributed by atoms with Gasteiger partial charge in [-0.05, 0) is 43.7 Å². The van der Waals surface area contributed by atoms with Crippen molar-refractivity contribution in [2.75, 3.05) is 32.6 Å². The fraction of sp³-hybridized carbons (Fsp3) is 0.474. The van der Waals surface area contributed by atoms with E-state index in [1.807, 2.05) is 30.3 Å². The quantitative estimate of drug-likeness (QED) is 0.804. The van der Waals surface area contributed by atoms with Gasteiger partial charge in [-0.15, -0.1) is 0 Å². The minimum Gasteiger partial charge on any atom is -0.493 e. The minimum atomic E-state index is -0.0521. The van der Waals surface area contributed by atoms with Crippen LogP contribution in [-0.4, -0.2) is 43.4 Å². The minimum absolute atomic E-state index is 0.0521. The molecule has 2 N–H and O–H groups in total. The van der Waals surface area contributed by atoms with Crippen molar-refractivity contribution in [3.05, 3.63) is 41.9 Å². The zero-order valence-corrected chi connectivity index (χ0v) is 14.8. The molecule has 0 bridgehead atoms. The number of aliphatic hydroxyl groups excluding tert-OH is 1. The topological polar surface area (TPSA) is 67.1 Å². The average Bonchev–Trinajstić information content (AvgIpc) is 3.09. The number of nitrogens with one attached hydrogen (secondary N) is 1. The first-order valence-corrected chi connectivity index (χ1v) is 8.61. The normalized spacial score (nSPS) is 18.1. The highest BCUT2D eigenvalue weighted by Gasteiger charge is 2.21. The smallest absolute Gasteiger partial charge is 0.162 e. The fourth-order valence-corrected chi connectivity index (χ4v) is 3.29. The Morgan fingerprint density at radius 1 is 1.16 bits per heavy atom. The maximum absolute atomic E-state index is 9.11. The molecular weight excluding hydrogens is 320 g/mol. The summed E-state index contributed by atoms with van der Waals surface area (Å²) in [5.41, 5.74) is 1.03. The van der Waals surface area contributed by atoms with E-state index in [1.54, 1.807) is 14.2 Å². The van der Waals surface area contributed by atoms with Crippen LogP contribution >= 0.6 is 0 Å². The number of furan rings is 1. The Bertz CT molecular complexity index is 686. The molecule has 1 fully saturated rings. The van der Waals surface area contributed by atoms with E-state index >= 15 is 0 Å². The zero-order valence-electron chi connectivity index (χ0n) is 14.8. The first-order valence-electron chi connectivity index (χ1n) is 8.61. The lowest BCUT2D eigenvalue weighted by Crippen LogP contribution is -2.41. The van der Waals surface area contributed by atoms with Crippen molar-refractivity contribution in [1.82, 2.24) is 4.90 Å². The number of nitrogens with zero attached hydrogens (tertiary/aromatic N) is 1. The highest BCUT2D eigenvalue weighted by molar-refractivity contribution is 5.55. The maximum atomic E-state index is 9.11. The Labute approximate surface area is 148 Å². The Hall–Kier alpha value is -2.18. The van der Waals surface area contributed by atoms with Gasteiger partial charge in [-0.1, -0.05) is 0 Å². The number of benzene rings is 1. The van der Waals surface area contributed by atoms with Crippen LogP contribution in [-0.2, 0) is 13.2 Å². The van der Waals surface area contributed by atoms with E-state index in [0.29, 0.717) is 11.8 Å². The van der Waals surface area contributed by atoms with Crippen LogP contribution < -0.4 is 14.8 Å². The third kappa shape index (κ3) is 4.46. The summed E-state index contributed by atoms with van der Waals surface area (Å²) < 4.78 is 16.3. The van der Waals surface area contributed by atoms with Crippen LogP contribution in [0.5, 0.6) is 11.5 Å². The van der Waals surface area contributed by atoms with Gasteiger partial charge in [0.25, 0.3) is 0 Å². The summed E-state index contributed by atoms with van der Waals surface area (Å²) in [6.45, 7) is 2.72. The van der Waals surface area contributed by atoms with Gasteiger partial charge in [-0.2, -0.15) is 0 Å². The van der Waals surface area contributed by atoms with Gasteiger partial charge >= 0.3 is 0 Å². The third-order valence-corrected chi connectivity index (χ3v) is 4.51. The molecule has 1 aromatic heterocycles. The van der Waals surface area contributed by atoms with Crippen LogP contribution in [0.3, 0.4) is 0 Å². The summed E-state index contributed by atoms with van der Waals surface area (Å²) in [5.74, 6) is 2.98. The summed E-state index contributed by atoms with van der Waals surface area (Å²) in [4.78, 5) is 2.38. The lowest BCUT2D eigenvalue weighted by molar-refractivity contribution is 0.186. The van der Waals surface area contributed by atoms with Crippen molar-refractivity contribution in [1.29, 1.82) is 0 Å². The number of methoxy groups -OCH3 is 2. The van der Waals surface area contributed by atoms with E-state index in [2.05, 4.69) is 10.2 Å². The van der Waals surface area contributed by atoms with Gasteiger partial charge in [0.15, 0.2) is 11.5 Å². The maximum Gasteiger partial charge on any atom is 0.162 e. The number of hydrogen-bond acceptors (Lipinski definition) is 6. The van der Waals surface area contributed by atoms with Gasteiger partial charge in [-0.25, -0.2) is 0 Å². The second-order valence-corrected chi connectivity index (χ2v) is 6.31. The Balaban J connectivity index is 1.59. The van der Waals surface area contributed by atoms with Crippen LogP contribution in [0, 0.1) is 0 Å². The number of anilines is 1. The molecule has 1 atom stereocenters.